The van der Waals surface area contributed by atoms with E-state index in [1.807, 2.05) is 16.7 Å². The first-order valence-corrected chi connectivity index (χ1v) is 12.9. The summed E-state index contributed by atoms with van der Waals surface area (Å²) in [5, 5.41) is 1.07. The van der Waals surface area contributed by atoms with Gasteiger partial charge < -0.3 is 9.80 Å². The maximum Gasteiger partial charge on any atom is 0.227 e. The first-order chi connectivity index (χ1) is 14.2. The third-order valence-corrected chi connectivity index (χ3v) is 7.83. The van der Waals surface area contributed by atoms with E-state index in [4.69, 9.17) is 4.98 Å². The molecule has 4 rings (SSSR count). The molecule has 1 aromatic heterocycles. The van der Waals surface area contributed by atoms with Gasteiger partial charge in [0.25, 0.3) is 0 Å². The van der Waals surface area contributed by atoms with Gasteiger partial charge in [-0.2, -0.15) is 0 Å². The van der Waals surface area contributed by atoms with Crippen molar-refractivity contribution in [2.75, 3.05) is 43.1 Å². The minimum Gasteiger partial charge on any atom is -0.345 e. The van der Waals surface area contributed by atoms with E-state index in [0.717, 1.165) is 48.1 Å². The lowest BCUT2D eigenvalue weighted by molar-refractivity contribution is -0.130. The molecule has 0 radical (unpaired) electrons. The number of amides is 1. The van der Waals surface area contributed by atoms with E-state index in [1.165, 1.54) is 14.5 Å². The number of fused-ring (bicyclic) bond motifs is 1. The second kappa shape index (κ2) is 9.41. The molecule has 29 heavy (non-hydrogen) atoms. The van der Waals surface area contributed by atoms with Crippen molar-refractivity contribution in [3.63, 3.8) is 0 Å². The molecule has 7 heteroatoms. The highest BCUT2D eigenvalue weighted by Crippen LogP contribution is 2.34. The van der Waals surface area contributed by atoms with Crippen LogP contribution in [0.25, 0.3) is 10.2 Å². The van der Waals surface area contributed by atoms with Crippen LogP contribution in [-0.4, -0.2) is 54.0 Å². The summed E-state index contributed by atoms with van der Waals surface area (Å²) in [6.45, 7) is 5.35. The Labute approximate surface area is 184 Å². The first kappa shape index (κ1) is 20.6. The van der Waals surface area contributed by atoms with Crippen LogP contribution in [0.15, 0.2) is 52.3 Å². The molecule has 0 spiro atoms. The van der Waals surface area contributed by atoms with Crippen molar-refractivity contribution < 1.29 is 4.79 Å². The normalized spacial score (nSPS) is 14.6. The van der Waals surface area contributed by atoms with Gasteiger partial charge in [-0.25, -0.2) is 4.98 Å². The number of hydrogen-bond acceptors (Lipinski definition) is 6. The van der Waals surface area contributed by atoms with Crippen molar-refractivity contribution in [3.05, 3.63) is 48.0 Å². The van der Waals surface area contributed by atoms with Crippen molar-refractivity contribution in [2.45, 2.75) is 23.1 Å². The Balaban J connectivity index is 1.36. The summed E-state index contributed by atoms with van der Waals surface area (Å²) in [7, 11) is 0. The van der Waals surface area contributed by atoms with Crippen LogP contribution in [0.2, 0.25) is 0 Å². The first-order valence-electron chi connectivity index (χ1n) is 9.86. The maximum absolute atomic E-state index is 12.7. The minimum absolute atomic E-state index is 0.217. The Morgan fingerprint density at radius 1 is 1.10 bits per heavy atom. The largest absolute Gasteiger partial charge is 0.345 e. The zero-order valence-corrected chi connectivity index (χ0v) is 19.2. The van der Waals surface area contributed by atoms with E-state index in [0.29, 0.717) is 6.42 Å². The molecule has 152 valence electrons. The molecule has 1 aliphatic rings. The lowest BCUT2D eigenvalue weighted by atomic mass is 10.1. The predicted molar refractivity (Wildman–Crippen MR) is 127 cm³/mol. The topological polar surface area (TPSA) is 36.4 Å². The standard InChI is InChI=1S/C22H25N3OS3/c1-3-28-17-9-7-16(8-10-17)15-20(26)24-11-13-25(14-12-24)22-23-21-18(27-2)5-4-6-19(21)29-22/h4-10H,3,11-15H2,1-2H3. The van der Waals surface area contributed by atoms with Gasteiger partial charge in [-0.1, -0.05) is 36.5 Å². The molecular formula is C22H25N3OS3. The van der Waals surface area contributed by atoms with Gasteiger partial charge in [0.05, 0.1) is 16.6 Å². The predicted octanol–water partition coefficient (Wildman–Crippen LogP) is 5.02. The highest BCUT2D eigenvalue weighted by atomic mass is 32.2. The van der Waals surface area contributed by atoms with Gasteiger partial charge in [-0.05, 0) is 41.8 Å². The van der Waals surface area contributed by atoms with E-state index in [-0.39, 0.29) is 5.91 Å². The van der Waals surface area contributed by atoms with Crippen LogP contribution in [0.4, 0.5) is 5.13 Å². The Kier molecular flexibility index (Phi) is 6.67. The fourth-order valence-corrected chi connectivity index (χ4v) is 5.85. The van der Waals surface area contributed by atoms with Crippen molar-refractivity contribution in [2.24, 2.45) is 0 Å². The Hall–Kier alpha value is -1.70. The fourth-order valence-electron chi connectivity index (χ4n) is 3.52. The quantitative estimate of drug-likeness (QED) is 0.500. The molecule has 0 unspecified atom stereocenters. The summed E-state index contributed by atoms with van der Waals surface area (Å²) >= 11 is 5.31. The number of carbonyl (C=O) groups is 1. The second-order valence-electron chi connectivity index (χ2n) is 6.93. The molecular weight excluding hydrogens is 418 g/mol. The number of anilines is 1. The Morgan fingerprint density at radius 2 is 1.86 bits per heavy atom. The molecule has 0 N–H and O–H groups in total. The molecule has 2 heterocycles. The molecule has 4 nitrogen and oxygen atoms in total. The summed E-state index contributed by atoms with van der Waals surface area (Å²) in [6, 6.07) is 14.8. The smallest absolute Gasteiger partial charge is 0.227 e. The van der Waals surface area contributed by atoms with Crippen LogP contribution >= 0.6 is 34.9 Å². The lowest BCUT2D eigenvalue weighted by Crippen LogP contribution is -2.49. The average molecular weight is 444 g/mol. The molecule has 0 bridgehead atoms. The fraction of sp³-hybridized carbons (Fsp3) is 0.364. The SMILES string of the molecule is CCSc1ccc(CC(=O)N2CCN(c3nc4c(SC)cccc4s3)CC2)cc1. The maximum atomic E-state index is 12.7. The zero-order chi connectivity index (χ0) is 20.2. The summed E-state index contributed by atoms with van der Waals surface area (Å²) in [4.78, 5) is 24.4. The highest BCUT2D eigenvalue weighted by molar-refractivity contribution is 7.99. The minimum atomic E-state index is 0.217. The van der Waals surface area contributed by atoms with Gasteiger partial charge in [0.2, 0.25) is 5.91 Å². The van der Waals surface area contributed by atoms with Crippen LogP contribution in [-0.2, 0) is 11.2 Å². The summed E-state index contributed by atoms with van der Waals surface area (Å²) in [5.41, 5.74) is 2.19. The van der Waals surface area contributed by atoms with Gasteiger partial charge >= 0.3 is 0 Å². The van der Waals surface area contributed by atoms with Crippen LogP contribution in [0, 0.1) is 0 Å². The van der Waals surface area contributed by atoms with Crippen molar-refractivity contribution in [1.82, 2.24) is 9.88 Å². The van der Waals surface area contributed by atoms with E-state index < -0.39 is 0 Å². The number of thioether (sulfide) groups is 2. The number of piperazine rings is 1. The zero-order valence-electron chi connectivity index (χ0n) is 16.8. The van der Waals surface area contributed by atoms with E-state index in [1.54, 1.807) is 23.1 Å². The molecule has 3 aromatic rings. The van der Waals surface area contributed by atoms with Gasteiger partial charge in [0.1, 0.15) is 0 Å². The number of nitrogens with zero attached hydrogens (tertiary/aromatic N) is 3. The number of hydrogen-bond donors (Lipinski definition) is 0. The van der Waals surface area contributed by atoms with E-state index >= 15 is 0 Å². The molecule has 1 fully saturated rings. The molecule has 2 aromatic carbocycles. The number of carbonyl (C=O) groups excluding carboxylic acids is 1. The number of aromatic nitrogens is 1. The lowest BCUT2D eigenvalue weighted by Gasteiger charge is -2.34. The number of thiazole rings is 1. The molecule has 1 saturated heterocycles. The number of para-hydroxylation sites is 1. The van der Waals surface area contributed by atoms with Crippen molar-refractivity contribution in [3.8, 4) is 0 Å². The van der Waals surface area contributed by atoms with Crippen molar-refractivity contribution in [1.29, 1.82) is 0 Å². The van der Waals surface area contributed by atoms with E-state index in [2.05, 4.69) is 60.5 Å². The van der Waals surface area contributed by atoms with Crippen LogP contribution in [0.1, 0.15) is 12.5 Å². The molecule has 0 aliphatic carbocycles. The molecule has 1 aliphatic heterocycles. The van der Waals surface area contributed by atoms with Crippen LogP contribution in [0.3, 0.4) is 0 Å². The molecule has 0 atom stereocenters. The summed E-state index contributed by atoms with van der Waals surface area (Å²) in [6.07, 6.45) is 2.57. The van der Waals surface area contributed by atoms with Crippen LogP contribution in [0.5, 0.6) is 0 Å². The third-order valence-electron chi connectivity index (χ3n) is 5.08. The second-order valence-corrected chi connectivity index (χ2v) is 10.1. The third kappa shape index (κ3) is 4.73. The van der Waals surface area contributed by atoms with Crippen molar-refractivity contribution >= 4 is 56.1 Å². The monoisotopic (exact) mass is 443 g/mol. The summed E-state index contributed by atoms with van der Waals surface area (Å²) in [5.74, 6) is 1.28. The van der Waals surface area contributed by atoms with Gasteiger partial charge in [-0.3, -0.25) is 4.79 Å². The Bertz CT molecular complexity index is 979. The summed E-state index contributed by atoms with van der Waals surface area (Å²) < 4.78 is 1.23. The number of benzene rings is 2. The van der Waals surface area contributed by atoms with Gasteiger partial charge in [-0.15, -0.1) is 23.5 Å². The van der Waals surface area contributed by atoms with Gasteiger partial charge in [0, 0.05) is 36.0 Å². The van der Waals surface area contributed by atoms with Crippen LogP contribution < -0.4 is 4.90 Å². The highest BCUT2D eigenvalue weighted by Gasteiger charge is 2.23. The van der Waals surface area contributed by atoms with Gasteiger partial charge in [0.15, 0.2) is 5.13 Å². The van der Waals surface area contributed by atoms with E-state index in [9.17, 15) is 4.79 Å². The molecule has 0 saturated carbocycles. The number of rotatable bonds is 6. The average Bonchev–Trinajstić information content (AvgIpc) is 3.20. The molecule has 1 amide bonds. The Morgan fingerprint density at radius 3 is 2.55 bits per heavy atom.